The zero-order chi connectivity index (χ0) is 21.2. The van der Waals surface area contributed by atoms with Crippen molar-refractivity contribution in [2.45, 2.75) is 12.8 Å². The molecule has 0 spiro atoms. The molecule has 1 aromatic heterocycles. The number of hydrogen-bond acceptors (Lipinski definition) is 4. The van der Waals surface area contributed by atoms with Crippen LogP contribution >= 0.6 is 0 Å². The van der Waals surface area contributed by atoms with Gasteiger partial charge in [-0.25, -0.2) is 0 Å². The molecule has 0 bridgehead atoms. The van der Waals surface area contributed by atoms with Crippen molar-refractivity contribution < 1.29 is 9.84 Å². The number of hydrogen-bond donors (Lipinski definition) is 1. The molecule has 0 saturated carbocycles. The van der Waals surface area contributed by atoms with Crippen LogP contribution in [0.25, 0.3) is 11.1 Å². The number of nitrogens with zero attached hydrogens (tertiary/aromatic N) is 2. The summed E-state index contributed by atoms with van der Waals surface area (Å²) in [5.74, 6) is 0.867. The van der Waals surface area contributed by atoms with E-state index in [2.05, 4.69) is 52.3 Å². The minimum atomic E-state index is 0.157. The Kier molecular flexibility index (Phi) is 8.19. The third-order valence-corrected chi connectivity index (χ3v) is 4.91. The molecule has 0 amide bonds. The van der Waals surface area contributed by atoms with E-state index in [1.54, 1.807) is 6.20 Å². The van der Waals surface area contributed by atoms with Crippen molar-refractivity contribution in [2.24, 2.45) is 0 Å². The molecule has 156 valence electrons. The first kappa shape index (κ1) is 21.8. The van der Waals surface area contributed by atoms with Gasteiger partial charge in [-0.05, 0) is 73.0 Å². The fraction of sp³-hybridized carbons (Fsp3) is 0.269. The second-order valence-electron chi connectivity index (χ2n) is 7.46. The predicted molar refractivity (Wildman–Crippen MR) is 123 cm³/mol. The van der Waals surface area contributed by atoms with Crippen LogP contribution in [0, 0.1) is 0 Å². The standard InChI is InChI=1S/C26H30N2O2/c1-28(2)17-19-30-24-14-12-22(13-15-24)26(21-8-4-3-5-9-21)25(11-7-18-29)23-10-6-16-27-20-23/h3-6,8-10,12-16,20,29H,7,11,17-19H2,1-2H3/b26-25-. The number of allylic oxidation sites excluding steroid dienone is 1. The molecule has 1 heterocycles. The first-order chi connectivity index (χ1) is 14.7. The first-order valence-electron chi connectivity index (χ1n) is 10.4. The summed E-state index contributed by atoms with van der Waals surface area (Å²) in [5.41, 5.74) is 5.70. The largest absolute Gasteiger partial charge is 0.492 e. The molecule has 0 aliphatic rings. The summed E-state index contributed by atoms with van der Waals surface area (Å²) in [6, 6.07) is 22.7. The molecular formula is C26H30N2O2. The normalized spacial score (nSPS) is 12.0. The predicted octanol–water partition coefficient (Wildman–Crippen LogP) is 4.75. The maximum Gasteiger partial charge on any atom is 0.119 e. The van der Waals surface area contributed by atoms with Crippen LogP contribution in [0.5, 0.6) is 5.75 Å². The SMILES string of the molecule is CN(C)CCOc1ccc(/C(=C(/CCCO)c2cccnc2)c2ccccc2)cc1. The lowest BCUT2D eigenvalue weighted by Gasteiger charge is -2.18. The molecule has 30 heavy (non-hydrogen) atoms. The van der Waals surface area contributed by atoms with Crippen molar-refractivity contribution in [1.29, 1.82) is 0 Å². The maximum absolute atomic E-state index is 9.48. The van der Waals surface area contributed by atoms with Crippen molar-refractivity contribution in [2.75, 3.05) is 33.9 Å². The van der Waals surface area contributed by atoms with Crippen molar-refractivity contribution in [3.05, 3.63) is 95.8 Å². The Bertz CT molecular complexity index is 920. The van der Waals surface area contributed by atoms with Gasteiger partial charge in [0.15, 0.2) is 0 Å². The van der Waals surface area contributed by atoms with Crippen LogP contribution in [0.15, 0.2) is 79.1 Å². The van der Waals surface area contributed by atoms with Crippen molar-refractivity contribution in [3.63, 3.8) is 0 Å². The zero-order valence-electron chi connectivity index (χ0n) is 17.8. The molecule has 0 fully saturated rings. The fourth-order valence-electron chi connectivity index (χ4n) is 3.39. The summed E-state index contributed by atoms with van der Waals surface area (Å²) < 4.78 is 5.87. The van der Waals surface area contributed by atoms with E-state index in [0.29, 0.717) is 13.0 Å². The first-order valence-corrected chi connectivity index (χ1v) is 10.4. The van der Waals surface area contributed by atoms with E-state index in [1.165, 1.54) is 5.57 Å². The average Bonchev–Trinajstić information content (AvgIpc) is 2.78. The second kappa shape index (κ2) is 11.3. The van der Waals surface area contributed by atoms with Gasteiger partial charge in [0.1, 0.15) is 12.4 Å². The molecule has 0 aliphatic heterocycles. The molecule has 0 aliphatic carbocycles. The Morgan fingerprint density at radius 1 is 0.900 bits per heavy atom. The lowest BCUT2D eigenvalue weighted by atomic mass is 9.88. The van der Waals surface area contributed by atoms with Gasteiger partial charge in [0.25, 0.3) is 0 Å². The van der Waals surface area contributed by atoms with Crippen LogP contribution in [0.1, 0.15) is 29.5 Å². The van der Waals surface area contributed by atoms with Gasteiger partial charge >= 0.3 is 0 Å². The third kappa shape index (κ3) is 6.02. The van der Waals surface area contributed by atoms with Crippen LogP contribution in [0.2, 0.25) is 0 Å². The molecule has 0 radical (unpaired) electrons. The molecule has 0 atom stereocenters. The molecule has 2 aromatic carbocycles. The Labute approximate surface area is 179 Å². The van der Waals surface area contributed by atoms with Crippen LogP contribution < -0.4 is 4.74 Å². The monoisotopic (exact) mass is 402 g/mol. The Balaban J connectivity index is 2.03. The van der Waals surface area contributed by atoms with Crippen molar-refractivity contribution >= 4 is 11.1 Å². The Morgan fingerprint density at radius 3 is 2.23 bits per heavy atom. The summed E-state index contributed by atoms with van der Waals surface area (Å²) in [7, 11) is 4.07. The molecular weight excluding hydrogens is 372 g/mol. The Hall–Kier alpha value is -2.95. The second-order valence-corrected chi connectivity index (χ2v) is 7.46. The van der Waals surface area contributed by atoms with Gasteiger partial charge in [0, 0.05) is 25.5 Å². The minimum Gasteiger partial charge on any atom is -0.492 e. The van der Waals surface area contributed by atoms with Crippen LogP contribution in [0.4, 0.5) is 0 Å². The van der Waals surface area contributed by atoms with Gasteiger partial charge in [-0.1, -0.05) is 48.5 Å². The zero-order valence-corrected chi connectivity index (χ0v) is 17.8. The van der Waals surface area contributed by atoms with Gasteiger partial charge in [-0.2, -0.15) is 0 Å². The molecule has 4 nitrogen and oxygen atoms in total. The minimum absolute atomic E-state index is 0.157. The van der Waals surface area contributed by atoms with E-state index >= 15 is 0 Å². The molecule has 1 N–H and O–H groups in total. The van der Waals surface area contributed by atoms with Crippen LogP contribution in [-0.4, -0.2) is 48.8 Å². The lowest BCUT2D eigenvalue weighted by molar-refractivity contribution is 0.261. The van der Waals surface area contributed by atoms with E-state index in [1.807, 2.05) is 44.6 Å². The highest BCUT2D eigenvalue weighted by atomic mass is 16.5. The number of aliphatic hydroxyl groups is 1. The lowest BCUT2D eigenvalue weighted by Crippen LogP contribution is -2.19. The topological polar surface area (TPSA) is 45.6 Å². The van der Waals surface area contributed by atoms with Gasteiger partial charge in [0.2, 0.25) is 0 Å². The van der Waals surface area contributed by atoms with Crippen molar-refractivity contribution in [1.82, 2.24) is 9.88 Å². The Morgan fingerprint density at radius 2 is 1.60 bits per heavy atom. The highest BCUT2D eigenvalue weighted by Gasteiger charge is 2.14. The number of pyridine rings is 1. The van der Waals surface area contributed by atoms with Crippen LogP contribution in [-0.2, 0) is 0 Å². The average molecular weight is 403 g/mol. The number of ether oxygens (including phenoxy) is 1. The molecule has 0 saturated heterocycles. The molecule has 3 rings (SSSR count). The highest BCUT2D eigenvalue weighted by Crippen LogP contribution is 2.35. The quantitative estimate of drug-likeness (QED) is 0.531. The maximum atomic E-state index is 9.48. The van der Waals surface area contributed by atoms with Gasteiger partial charge < -0.3 is 14.7 Å². The summed E-state index contributed by atoms with van der Waals surface area (Å²) >= 11 is 0. The van der Waals surface area contributed by atoms with E-state index in [0.717, 1.165) is 41.0 Å². The number of likely N-dealkylation sites (N-methyl/N-ethyl adjacent to an activating group) is 1. The van der Waals surface area contributed by atoms with Crippen molar-refractivity contribution in [3.8, 4) is 5.75 Å². The van der Waals surface area contributed by atoms with E-state index in [9.17, 15) is 5.11 Å². The summed E-state index contributed by atoms with van der Waals surface area (Å²) in [6.07, 6.45) is 5.16. The molecule has 4 heteroatoms. The molecule has 0 unspecified atom stereocenters. The smallest absolute Gasteiger partial charge is 0.119 e. The van der Waals surface area contributed by atoms with E-state index in [-0.39, 0.29) is 6.61 Å². The summed E-state index contributed by atoms with van der Waals surface area (Å²) in [6.45, 7) is 1.69. The molecule has 3 aromatic rings. The van der Waals surface area contributed by atoms with Gasteiger partial charge in [-0.15, -0.1) is 0 Å². The van der Waals surface area contributed by atoms with Gasteiger partial charge in [0.05, 0.1) is 0 Å². The number of aliphatic hydroxyl groups excluding tert-OH is 1. The highest BCUT2D eigenvalue weighted by molar-refractivity contribution is 5.98. The van der Waals surface area contributed by atoms with E-state index < -0.39 is 0 Å². The van der Waals surface area contributed by atoms with Gasteiger partial charge in [-0.3, -0.25) is 4.98 Å². The van der Waals surface area contributed by atoms with E-state index in [4.69, 9.17) is 4.74 Å². The van der Waals surface area contributed by atoms with Crippen LogP contribution in [0.3, 0.4) is 0 Å². The summed E-state index contributed by atoms with van der Waals surface area (Å²) in [5, 5.41) is 9.48. The number of rotatable bonds is 10. The summed E-state index contributed by atoms with van der Waals surface area (Å²) in [4.78, 5) is 6.43. The fourth-order valence-corrected chi connectivity index (χ4v) is 3.39. The third-order valence-electron chi connectivity index (χ3n) is 4.91. The number of benzene rings is 2. The number of aromatic nitrogens is 1.